The van der Waals surface area contributed by atoms with Crippen LogP contribution in [0, 0.1) is 19.8 Å². The molecule has 1 saturated heterocycles. The number of carbonyl (C=O) groups is 2. The molecule has 8 nitrogen and oxygen atoms in total. The minimum Gasteiger partial charge on any atom is -0.508 e. The molecule has 0 aliphatic carbocycles. The van der Waals surface area contributed by atoms with Gasteiger partial charge in [-0.3, -0.25) is 9.59 Å². The van der Waals surface area contributed by atoms with Crippen LogP contribution in [0.2, 0.25) is 0 Å². The van der Waals surface area contributed by atoms with Crippen LogP contribution in [0.25, 0.3) is 10.4 Å². The summed E-state index contributed by atoms with van der Waals surface area (Å²) in [4.78, 5) is 33.4. The van der Waals surface area contributed by atoms with Crippen molar-refractivity contribution in [2.45, 2.75) is 59.0 Å². The number of aryl methyl sites for hydroxylation is 2. The van der Waals surface area contributed by atoms with Crippen LogP contribution in [0.4, 0.5) is 0 Å². The third kappa shape index (κ3) is 4.84. The Morgan fingerprint density at radius 1 is 1.29 bits per heavy atom. The Hall–Kier alpha value is -3.20. The highest BCUT2D eigenvalue weighted by atomic mass is 32.1. The molecule has 3 heterocycles. The maximum Gasteiger partial charge on any atom is 0.243 e. The fourth-order valence-electron chi connectivity index (χ4n) is 4.48. The molecule has 0 saturated carbocycles. The van der Waals surface area contributed by atoms with Gasteiger partial charge in [-0.1, -0.05) is 31.1 Å². The van der Waals surface area contributed by atoms with Gasteiger partial charge < -0.3 is 19.8 Å². The maximum absolute atomic E-state index is 13.4. The van der Waals surface area contributed by atoms with Crippen molar-refractivity contribution in [2.75, 3.05) is 6.54 Å². The van der Waals surface area contributed by atoms with Gasteiger partial charge in [-0.25, -0.2) is 4.98 Å². The number of rotatable bonds is 7. The van der Waals surface area contributed by atoms with E-state index in [1.807, 2.05) is 39.8 Å². The summed E-state index contributed by atoms with van der Waals surface area (Å²) in [6, 6.07) is 6.66. The Balaban J connectivity index is 1.43. The Labute approximate surface area is 203 Å². The fourth-order valence-corrected chi connectivity index (χ4v) is 5.28. The fraction of sp³-hybridized carbons (Fsp3) is 0.440. The van der Waals surface area contributed by atoms with Gasteiger partial charge in [-0.15, -0.1) is 11.3 Å². The second-order valence-corrected chi connectivity index (χ2v) is 9.96. The molecule has 1 aliphatic heterocycles. The Kier molecular flexibility index (Phi) is 7.02. The molecule has 1 aliphatic rings. The van der Waals surface area contributed by atoms with E-state index in [1.165, 1.54) is 11.3 Å². The molecule has 34 heavy (non-hydrogen) atoms. The molecule has 1 aromatic carbocycles. The van der Waals surface area contributed by atoms with E-state index >= 15 is 0 Å². The molecular weight excluding hydrogens is 452 g/mol. The molecule has 2 N–H and O–H groups in total. The average Bonchev–Trinajstić information content (AvgIpc) is 3.53. The number of thiazole rings is 1. The van der Waals surface area contributed by atoms with Crippen molar-refractivity contribution in [2.24, 2.45) is 5.92 Å². The molecule has 4 rings (SSSR count). The monoisotopic (exact) mass is 482 g/mol. The number of hydrogen-bond acceptors (Lipinski definition) is 7. The number of likely N-dealkylation sites (tertiary alicyclic amines) is 1. The average molecular weight is 483 g/mol. The van der Waals surface area contributed by atoms with Crippen molar-refractivity contribution in [3.05, 3.63) is 52.5 Å². The van der Waals surface area contributed by atoms with Crippen LogP contribution in [0.15, 0.2) is 34.3 Å². The summed E-state index contributed by atoms with van der Waals surface area (Å²) in [6.07, 6.45) is 1.37. The van der Waals surface area contributed by atoms with Gasteiger partial charge in [0.25, 0.3) is 0 Å². The number of nitrogens with one attached hydrogen (secondary N) is 1. The number of benzene rings is 1. The molecular formula is C25H30N4O4S. The molecule has 0 spiro atoms. The summed E-state index contributed by atoms with van der Waals surface area (Å²) < 4.78 is 5.40. The minimum atomic E-state index is -0.543. The zero-order chi connectivity index (χ0) is 24.4. The van der Waals surface area contributed by atoms with E-state index in [0.717, 1.165) is 28.2 Å². The van der Waals surface area contributed by atoms with Gasteiger partial charge in [0.1, 0.15) is 23.5 Å². The van der Waals surface area contributed by atoms with Crippen molar-refractivity contribution >= 4 is 23.2 Å². The first-order chi connectivity index (χ1) is 16.3. The summed E-state index contributed by atoms with van der Waals surface area (Å²) in [6.45, 7) is 8.39. The van der Waals surface area contributed by atoms with Gasteiger partial charge in [0, 0.05) is 24.7 Å². The lowest BCUT2D eigenvalue weighted by atomic mass is 9.91. The SMILES string of the molecule is Cc1cc(C(C(=O)N2CCCC2C(=O)NCc2ccc(-c3scnc3C)cc2O)C(C)C)on1. The van der Waals surface area contributed by atoms with E-state index in [1.54, 1.807) is 22.5 Å². The third-order valence-electron chi connectivity index (χ3n) is 6.27. The molecule has 1 fully saturated rings. The second-order valence-electron chi connectivity index (χ2n) is 9.11. The molecule has 2 amide bonds. The molecule has 3 aromatic rings. The minimum absolute atomic E-state index is 0.00167. The van der Waals surface area contributed by atoms with Gasteiger partial charge in [-0.05, 0) is 44.2 Å². The summed E-state index contributed by atoms with van der Waals surface area (Å²) >= 11 is 1.52. The van der Waals surface area contributed by atoms with Gasteiger partial charge in [0.2, 0.25) is 11.8 Å². The summed E-state index contributed by atoms with van der Waals surface area (Å²) in [5, 5.41) is 17.3. The molecule has 0 radical (unpaired) electrons. The summed E-state index contributed by atoms with van der Waals surface area (Å²) in [5.74, 6) is -0.168. The van der Waals surface area contributed by atoms with Gasteiger partial charge in [0.15, 0.2) is 0 Å². The van der Waals surface area contributed by atoms with E-state index in [-0.39, 0.29) is 30.0 Å². The highest BCUT2D eigenvalue weighted by molar-refractivity contribution is 7.13. The normalized spacial score (nSPS) is 16.7. The number of phenols is 1. The molecule has 0 bridgehead atoms. The van der Waals surface area contributed by atoms with E-state index in [0.29, 0.717) is 24.3 Å². The van der Waals surface area contributed by atoms with E-state index in [2.05, 4.69) is 15.5 Å². The Morgan fingerprint density at radius 2 is 2.09 bits per heavy atom. The molecule has 9 heteroatoms. The highest BCUT2D eigenvalue weighted by Crippen LogP contribution is 2.32. The largest absolute Gasteiger partial charge is 0.508 e. The number of nitrogens with zero attached hydrogens (tertiary/aromatic N) is 3. The molecule has 180 valence electrons. The first-order valence-corrected chi connectivity index (χ1v) is 12.4. The van der Waals surface area contributed by atoms with Crippen LogP contribution in [-0.4, -0.2) is 44.5 Å². The van der Waals surface area contributed by atoms with Crippen molar-refractivity contribution < 1.29 is 19.2 Å². The first kappa shape index (κ1) is 23.9. The van der Waals surface area contributed by atoms with Crippen LogP contribution < -0.4 is 5.32 Å². The van der Waals surface area contributed by atoms with Crippen molar-refractivity contribution in [1.82, 2.24) is 20.4 Å². The quantitative estimate of drug-likeness (QED) is 0.523. The third-order valence-corrected chi connectivity index (χ3v) is 7.25. The van der Waals surface area contributed by atoms with Gasteiger partial charge in [-0.2, -0.15) is 0 Å². The number of phenolic OH excluding ortho intramolecular Hbond substituents is 1. The second kappa shape index (κ2) is 9.97. The smallest absolute Gasteiger partial charge is 0.243 e. The van der Waals surface area contributed by atoms with Crippen molar-refractivity contribution in [3.8, 4) is 16.2 Å². The standard InChI is InChI=1S/C25H30N4O4S/c1-14(2)22(21-10-15(3)28-33-21)25(32)29-9-5-6-19(29)24(31)26-12-18-8-7-17(11-20(18)30)23-16(4)27-13-34-23/h7-8,10-11,13-14,19,22,30H,5-6,9,12H2,1-4H3,(H,26,31). The molecule has 2 unspecified atom stereocenters. The lowest BCUT2D eigenvalue weighted by Gasteiger charge is -2.29. The van der Waals surface area contributed by atoms with Crippen molar-refractivity contribution in [3.63, 3.8) is 0 Å². The highest BCUT2D eigenvalue weighted by Gasteiger charge is 2.40. The molecule has 2 aromatic heterocycles. The van der Waals surface area contributed by atoms with Crippen LogP contribution in [0.1, 0.15) is 55.3 Å². The number of aromatic nitrogens is 2. The van der Waals surface area contributed by atoms with Crippen LogP contribution >= 0.6 is 11.3 Å². The zero-order valence-corrected chi connectivity index (χ0v) is 20.7. The van der Waals surface area contributed by atoms with E-state index in [9.17, 15) is 14.7 Å². The number of carbonyl (C=O) groups excluding carboxylic acids is 2. The Morgan fingerprint density at radius 3 is 2.71 bits per heavy atom. The maximum atomic E-state index is 13.4. The Bertz CT molecular complexity index is 1190. The lowest BCUT2D eigenvalue weighted by molar-refractivity contribution is -0.140. The predicted molar refractivity (Wildman–Crippen MR) is 129 cm³/mol. The van der Waals surface area contributed by atoms with Gasteiger partial charge in [0.05, 0.1) is 21.8 Å². The predicted octanol–water partition coefficient (Wildman–Crippen LogP) is 4.17. The van der Waals surface area contributed by atoms with Crippen LogP contribution in [-0.2, 0) is 16.1 Å². The molecule has 2 atom stereocenters. The van der Waals surface area contributed by atoms with Crippen LogP contribution in [0.3, 0.4) is 0 Å². The van der Waals surface area contributed by atoms with E-state index < -0.39 is 12.0 Å². The number of amides is 2. The number of aromatic hydroxyl groups is 1. The van der Waals surface area contributed by atoms with Crippen molar-refractivity contribution in [1.29, 1.82) is 0 Å². The number of hydrogen-bond donors (Lipinski definition) is 2. The van der Waals surface area contributed by atoms with Crippen LogP contribution in [0.5, 0.6) is 5.75 Å². The lowest BCUT2D eigenvalue weighted by Crippen LogP contribution is -2.47. The van der Waals surface area contributed by atoms with E-state index in [4.69, 9.17) is 4.52 Å². The first-order valence-electron chi connectivity index (χ1n) is 11.5. The summed E-state index contributed by atoms with van der Waals surface area (Å²) in [7, 11) is 0. The van der Waals surface area contributed by atoms with Gasteiger partial charge >= 0.3 is 0 Å². The zero-order valence-electron chi connectivity index (χ0n) is 19.9. The topological polar surface area (TPSA) is 109 Å². The summed E-state index contributed by atoms with van der Waals surface area (Å²) in [5.41, 5.74) is 4.92.